The highest BCUT2D eigenvalue weighted by atomic mass is 16.5. The number of fused-ring (bicyclic) bond motifs is 2. The fourth-order valence-corrected chi connectivity index (χ4v) is 3.74. The highest BCUT2D eigenvalue weighted by Gasteiger charge is 2.28. The molecule has 1 heterocycles. The molecule has 3 nitrogen and oxygen atoms in total. The summed E-state index contributed by atoms with van der Waals surface area (Å²) in [6.45, 7) is 0. The largest absolute Gasteiger partial charge is 0.457 e. The van der Waals surface area contributed by atoms with E-state index in [1.807, 2.05) is 60.7 Å². The van der Waals surface area contributed by atoms with E-state index in [0.29, 0.717) is 5.69 Å². The smallest absolute Gasteiger partial charge is 0.131 e. The van der Waals surface area contributed by atoms with Gasteiger partial charge in [-0.1, -0.05) is 54.6 Å². The molecule has 0 spiro atoms. The Balaban J connectivity index is 1.58. The highest BCUT2D eigenvalue weighted by Crippen LogP contribution is 2.47. The number of nitrogens with two attached hydrogens (primary N) is 1. The second-order valence-electron chi connectivity index (χ2n) is 6.86. The molecule has 4 aromatic rings. The van der Waals surface area contributed by atoms with Gasteiger partial charge in [-0.3, -0.25) is 0 Å². The SMILES string of the molecule is Nc1cccc(Oc2cccc(C3c4ccccc4Oc4ccccc43)c2)c1. The Labute approximate surface area is 164 Å². The van der Waals surface area contributed by atoms with Gasteiger partial charge >= 0.3 is 0 Å². The van der Waals surface area contributed by atoms with E-state index in [1.165, 1.54) is 0 Å². The molecule has 0 saturated carbocycles. The van der Waals surface area contributed by atoms with Crippen LogP contribution in [0, 0.1) is 0 Å². The first kappa shape index (κ1) is 16.5. The standard InChI is InChI=1S/C25H19NO2/c26-18-8-6-10-20(16-18)27-19-9-5-7-17(15-19)25-21-11-1-3-13-23(21)28-24-14-4-2-12-22(24)25/h1-16,25H,26H2. The van der Waals surface area contributed by atoms with Gasteiger partial charge in [0, 0.05) is 28.8 Å². The van der Waals surface area contributed by atoms with E-state index in [1.54, 1.807) is 0 Å². The van der Waals surface area contributed by atoms with Crippen LogP contribution in [0.1, 0.15) is 22.6 Å². The quantitative estimate of drug-likeness (QED) is 0.379. The van der Waals surface area contributed by atoms with Gasteiger partial charge < -0.3 is 15.2 Å². The van der Waals surface area contributed by atoms with Crippen molar-refractivity contribution in [2.75, 3.05) is 5.73 Å². The van der Waals surface area contributed by atoms with Crippen LogP contribution in [-0.2, 0) is 0 Å². The van der Waals surface area contributed by atoms with Gasteiger partial charge in [0.15, 0.2) is 0 Å². The molecule has 0 unspecified atom stereocenters. The Morgan fingerprint density at radius 3 is 1.93 bits per heavy atom. The summed E-state index contributed by atoms with van der Waals surface area (Å²) in [6, 6.07) is 32.1. The molecule has 0 fully saturated rings. The van der Waals surface area contributed by atoms with Crippen LogP contribution < -0.4 is 15.2 Å². The molecule has 3 heteroatoms. The second-order valence-corrected chi connectivity index (χ2v) is 6.86. The van der Waals surface area contributed by atoms with Gasteiger partial charge in [-0.2, -0.15) is 0 Å². The number of ether oxygens (including phenoxy) is 2. The van der Waals surface area contributed by atoms with E-state index in [9.17, 15) is 0 Å². The molecule has 136 valence electrons. The summed E-state index contributed by atoms with van der Waals surface area (Å²) in [4.78, 5) is 0. The van der Waals surface area contributed by atoms with Gasteiger partial charge in [0.05, 0.1) is 0 Å². The summed E-state index contributed by atoms with van der Waals surface area (Å²) in [5.41, 5.74) is 10.0. The molecule has 0 saturated heterocycles. The van der Waals surface area contributed by atoms with Crippen LogP contribution in [0.25, 0.3) is 0 Å². The Morgan fingerprint density at radius 1 is 0.643 bits per heavy atom. The van der Waals surface area contributed by atoms with E-state index < -0.39 is 0 Å². The fraction of sp³-hybridized carbons (Fsp3) is 0.0400. The summed E-state index contributed by atoms with van der Waals surface area (Å²) < 4.78 is 12.2. The fourth-order valence-electron chi connectivity index (χ4n) is 3.74. The normalized spacial score (nSPS) is 12.6. The maximum atomic E-state index is 6.12. The zero-order valence-corrected chi connectivity index (χ0v) is 15.2. The molecule has 0 atom stereocenters. The Hall–Kier alpha value is -3.72. The monoisotopic (exact) mass is 365 g/mol. The Morgan fingerprint density at radius 2 is 1.25 bits per heavy atom. The number of benzene rings is 4. The summed E-state index contributed by atoms with van der Waals surface area (Å²) in [5.74, 6) is 3.39. The van der Waals surface area contributed by atoms with E-state index >= 15 is 0 Å². The molecular weight excluding hydrogens is 346 g/mol. The van der Waals surface area contributed by atoms with Crippen LogP contribution in [0.3, 0.4) is 0 Å². The third-order valence-corrected chi connectivity index (χ3v) is 4.97. The van der Waals surface area contributed by atoms with Crippen molar-refractivity contribution in [1.29, 1.82) is 0 Å². The van der Waals surface area contributed by atoms with Gasteiger partial charge in [0.1, 0.15) is 23.0 Å². The summed E-state index contributed by atoms with van der Waals surface area (Å²) >= 11 is 0. The third kappa shape index (κ3) is 2.97. The highest BCUT2D eigenvalue weighted by molar-refractivity contribution is 5.58. The van der Waals surface area contributed by atoms with Crippen LogP contribution in [-0.4, -0.2) is 0 Å². The van der Waals surface area contributed by atoms with Gasteiger partial charge in [0.2, 0.25) is 0 Å². The first-order valence-corrected chi connectivity index (χ1v) is 9.27. The van der Waals surface area contributed by atoms with Crippen molar-refractivity contribution in [2.24, 2.45) is 0 Å². The lowest BCUT2D eigenvalue weighted by atomic mass is 9.82. The molecule has 0 bridgehead atoms. The van der Waals surface area contributed by atoms with Crippen molar-refractivity contribution in [3.63, 3.8) is 0 Å². The molecule has 5 rings (SSSR count). The number of para-hydroxylation sites is 2. The van der Waals surface area contributed by atoms with Crippen molar-refractivity contribution in [3.05, 3.63) is 114 Å². The first-order valence-electron chi connectivity index (χ1n) is 9.27. The zero-order valence-electron chi connectivity index (χ0n) is 15.2. The average molecular weight is 365 g/mol. The topological polar surface area (TPSA) is 44.5 Å². The van der Waals surface area contributed by atoms with Crippen LogP contribution in [0.2, 0.25) is 0 Å². The molecule has 0 radical (unpaired) electrons. The average Bonchev–Trinajstić information content (AvgIpc) is 2.72. The molecule has 2 N–H and O–H groups in total. The van der Waals surface area contributed by atoms with Crippen molar-refractivity contribution in [1.82, 2.24) is 0 Å². The molecule has 4 aromatic carbocycles. The van der Waals surface area contributed by atoms with Crippen molar-refractivity contribution < 1.29 is 9.47 Å². The third-order valence-electron chi connectivity index (χ3n) is 4.97. The van der Waals surface area contributed by atoms with Gasteiger partial charge in [0.25, 0.3) is 0 Å². The molecule has 0 amide bonds. The lowest BCUT2D eigenvalue weighted by molar-refractivity contribution is 0.452. The number of anilines is 1. The minimum Gasteiger partial charge on any atom is -0.457 e. The van der Waals surface area contributed by atoms with Crippen molar-refractivity contribution in [2.45, 2.75) is 5.92 Å². The first-order chi connectivity index (χ1) is 13.8. The van der Waals surface area contributed by atoms with Gasteiger partial charge in [-0.25, -0.2) is 0 Å². The minimum absolute atomic E-state index is 0.0885. The Kier molecular flexibility index (Phi) is 3.99. The molecule has 28 heavy (non-hydrogen) atoms. The summed E-state index contributed by atoms with van der Waals surface area (Å²) in [7, 11) is 0. The Bertz CT molecular complexity index is 1110. The number of rotatable bonds is 3. The van der Waals surface area contributed by atoms with Crippen LogP contribution in [0.15, 0.2) is 97.1 Å². The zero-order chi connectivity index (χ0) is 18.9. The van der Waals surface area contributed by atoms with Crippen LogP contribution in [0.5, 0.6) is 23.0 Å². The molecule has 1 aliphatic heterocycles. The van der Waals surface area contributed by atoms with E-state index in [2.05, 4.69) is 36.4 Å². The van der Waals surface area contributed by atoms with E-state index in [0.717, 1.165) is 39.7 Å². The van der Waals surface area contributed by atoms with Gasteiger partial charge in [-0.15, -0.1) is 0 Å². The predicted octanol–water partition coefficient (Wildman–Crippen LogP) is 6.35. The molecule has 0 aliphatic carbocycles. The van der Waals surface area contributed by atoms with Gasteiger partial charge in [-0.05, 0) is 42.0 Å². The van der Waals surface area contributed by atoms with Crippen LogP contribution in [0.4, 0.5) is 5.69 Å². The predicted molar refractivity (Wildman–Crippen MR) is 111 cm³/mol. The maximum absolute atomic E-state index is 6.12. The van der Waals surface area contributed by atoms with Crippen molar-refractivity contribution >= 4 is 5.69 Å². The lowest BCUT2D eigenvalue weighted by Crippen LogP contribution is -2.11. The summed E-state index contributed by atoms with van der Waals surface area (Å²) in [6.07, 6.45) is 0. The summed E-state index contributed by atoms with van der Waals surface area (Å²) in [5, 5.41) is 0. The molecule has 1 aliphatic rings. The number of nitrogen functional groups attached to an aromatic ring is 1. The number of hydrogen-bond acceptors (Lipinski definition) is 3. The van der Waals surface area contributed by atoms with Crippen molar-refractivity contribution in [3.8, 4) is 23.0 Å². The van der Waals surface area contributed by atoms with E-state index in [-0.39, 0.29) is 5.92 Å². The second kappa shape index (κ2) is 6.78. The van der Waals surface area contributed by atoms with Crippen LogP contribution >= 0.6 is 0 Å². The number of hydrogen-bond donors (Lipinski definition) is 1. The molecular formula is C25H19NO2. The lowest BCUT2D eigenvalue weighted by Gasteiger charge is -2.28. The maximum Gasteiger partial charge on any atom is 0.131 e. The molecule has 0 aromatic heterocycles. The minimum atomic E-state index is 0.0885. The van der Waals surface area contributed by atoms with E-state index in [4.69, 9.17) is 15.2 Å².